The zero-order chi connectivity index (χ0) is 33.0. The Morgan fingerprint density at radius 1 is 0.609 bits per heavy atom. The van der Waals surface area contributed by atoms with E-state index in [0.717, 1.165) is 6.08 Å². The van der Waals surface area contributed by atoms with Gasteiger partial charge in [-0.2, -0.15) is 0 Å². The van der Waals surface area contributed by atoms with Gasteiger partial charge < -0.3 is 21.3 Å². The number of carbonyl (C=O) groups excluding carboxylic acids is 2. The van der Waals surface area contributed by atoms with Crippen LogP contribution in [0.15, 0.2) is 138 Å². The van der Waals surface area contributed by atoms with E-state index in [-0.39, 0.29) is 22.4 Å². The number of benzene rings is 4. The first-order chi connectivity index (χ1) is 21.9. The van der Waals surface area contributed by atoms with Gasteiger partial charge in [-0.3, -0.25) is 0 Å². The first-order valence-corrected chi connectivity index (χ1v) is 16.9. The van der Waals surface area contributed by atoms with Gasteiger partial charge in [-0.25, -0.2) is 36.7 Å². The molecule has 0 saturated heterocycles. The van der Waals surface area contributed by atoms with E-state index in [1.807, 2.05) is 0 Å². The number of urea groups is 2. The maximum absolute atomic E-state index is 13.7. The average Bonchev–Trinajstić information content (AvgIpc) is 3.01. The van der Waals surface area contributed by atoms with Gasteiger partial charge in [0.1, 0.15) is 10.8 Å². The standard InChI is InChI=1S/C32H30N6O6S2/c33-45(41,42)28-26(37-30(39)35-24-17-9-3-10-18-24)21-32(23-15-7-2-8-16-23,38-31(40)36-25-19-11-4-12-20-25)29(46(34,43)44)27(28)22-13-5-1-6-14-22/h1-21,28H,(H2,33,41,42)(H2,34,43,44)(H2,35,37,39)(H2,36,38,40). The number of amides is 4. The van der Waals surface area contributed by atoms with Crippen LogP contribution in [-0.4, -0.2) is 34.1 Å². The van der Waals surface area contributed by atoms with Crippen LogP contribution >= 0.6 is 0 Å². The number of hydrogen-bond acceptors (Lipinski definition) is 6. The molecule has 0 saturated carbocycles. The van der Waals surface area contributed by atoms with E-state index in [0.29, 0.717) is 11.4 Å². The predicted molar refractivity (Wildman–Crippen MR) is 177 cm³/mol. The summed E-state index contributed by atoms with van der Waals surface area (Å²) in [5.41, 5.74) is -1.76. The molecule has 5 rings (SSSR count). The van der Waals surface area contributed by atoms with Crippen LogP contribution in [0.1, 0.15) is 11.1 Å². The molecule has 1 aliphatic rings. The Morgan fingerprint density at radius 2 is 1.07 bits per heavy atom. The second-order valence-corrected chi connectivity index (χ2v) is 13.4. The highest BCUT2D eigenvalue weighted by Gasteiger charge is 2.52. The lowest BCUT2D eigenvalue weighted by molar-refractivity contribution is 0.246. The normalized spacial score (nSPS) is 18.2. The molecule has 1 aliphatic carbocycles. The molecule has 46 heavy (non-hydrogen) atoms. The van der Waals surface area contributed by atoms with Crippen LogP contribution in [0.4, 0.5) is 21.0 Å². The average molecular weight is 659 g/mol. The van der Waals surface area contributed by atoms with Gasteiger partial charge in [-0.1, -0.05) is 97.1 Å². The zero-order valence-corrected chi connectivity index (χ0v) is 25.8. The zero-order valence-electron chi connectivity index (χ0n) is 24.1. The maximum atomic E-state index is 13.7. The van der Waals surface area contributed by atoms with Crippen molar-refractivity contribution < 1.29 is 26.4 Å². The number of carbonyl (C=O) groups is 2. The molecule has 12 nitrogen and oxygen atoms in total. The van der Waals surface area contributed by atoms with E-state index in [2.05, 4.69) is 21.3 Å². The molecule has 4 amide bonds. The Morgan fingerprint density at radius 3 is 1.54 bits per heavy atom. The molecule has 8 N–H and O–H groups in total. The summed E-state index contributed by atoms with van der Waals surface area (Å²) in [5.74, 6) is 0. The van der Waals surface area contributed by atoms with Crippen LogP contribution in [-0.2, 0) is 25.6 Å². The molecule has 2 atom stereocenters. The summed E-state index contributed by atoms with van der Waals surface area (Å²) in [7, 11) is -9.56. The maximum Gasteiger partial charge on any atom is 0.323 e. The van der Waals surface area contributed by atoms with Crippen LogP contribution in [0.2, 0.25) is 0 Å². The minimum atomic E-state index is -4.85. The molecule has 236 valence electrons. The lowest BCUT2D eigenvalue weighted by Gasteiger charge is -2.41. The number of anilines is 2. The van der Waals surface area contributed by atoms with Gasteiger partial charge in [0, 0.05) is 22.6 Å². The van der Waals surface area contributed by atoms with Crippen molar-refractivity contribution in [1.82, 2.24) is 10.6 Å². The van der Waals surface area contributed by atoms with Crippen molar-refractivity contribution in [3.63, 3.8) is 0 Å². The number of primary sulfonamides is 2. The minimum absolute atomic E-state index is 0.118. The molecule has 0 spiro atoms. The predicted octanol–water partition coefficient (Wildman–Crippen LogP) is 3.78. The van der Waals surface area contributed by atoms with Crippen molar-refractivity contribution in [2.24, 2.45) is 10.3 Å². The SMILES string of the molecule is NS(=O)(=O)C1=C(c2ccccc2)C(S(N)(=O)=O)C(NC(=O)Nc2ccccc2)=CC1(NC(=O)Nc1ccccc1)c1ccccc1. The molecule has 0 fully saturated rings. The van der Waals surface area contributed by atoms with Gasteiger partial charge in [0.25, 0.3) is 0 Å². The Hall–Kier alpha value is -5.28. The van der Waals surface area contributed by atoms with Crippen molar-refractivity contribution in [1.29, 1.82) is 0 Å². The number of nitrogens with one attached hydrogen (secondary N) is 4. The Bertz CT molecular complexity index is 2020. The highest BCUT2D eigenvalue weighted by atomic mass is 32.2. The molecule has 2 unspecified atom stereocenters. The van der Waals surface area contributed by atoms with Gasteiger partial charge in [-0.15, -0.1) is 0 Å². The van der Waals surface area contributed by atoms with Crippen molar-refractivity contribution in [2.45, 2.75) is 10.8 Å². The fourth-order valence-corrected chi connectivity index (χ4v) is 7.70. The second-order valence-electron chi connectivity index (χ2n) is 10.3. The highest BCUT2D eigenvalue weighted by Crippen LogP contribution is 2.46. The van der Waals surface area contributed by atoms with Gasteiger partial charge in [0.2, 0.25) is 20.0 Å². The largest absolute Gasteiger partial charge is 0.323 e. The van der Waals surface area contributed by atoms with Gasteiger partial charge in [0.15, 0.2) is 0 Å². The van der Waals surface area contributed by atoms with E-state index < -0.39 is 47.8 Å². The molecule has 0 heterocycles. The summed E-state index contributed by atoms with van der Waals surface area (Å²) in [4.78, 5) is 26.3. The minimum Gasteiger partial charge on any atom is -0.320 e. The van der Waals surface area contributed by atoms with Crippen molar-refractivity contribution >= 4 is 49.1 Å². The van der Waals surface area contributed by atoms with E-state index in [1.54, 1.807) is 97.1 Å². The Kier molecular flexibility index (Phi) is 9.07. The number of para-hydroxylation sites is 2. The monoisotopic (exact) mass is 658 g/mol. The molecule has 0 radical (unpaired) electrons. The molecule has 4 aromatic carbocycles. The summed E-state index contributed by atoms with van der Waals surface area (Å²) < 4.78 is 54.2. The third-order valence-corrected chi connectivity index (χ3v) is 9.34. The molecular formula is C32H30N6O6S2. The number of nitrogens with two attached hydrogens (primary N) is 2. The third kappa shape index (κ3) is 7.00. The van der Waals surface area contributed by atoms with Crippen LogP contribution in [0.25, 0.3) is 5.57 Å². The van der Waals surface area contributed by atoms with Crippen LogP contribution < -0.4 is 31.5 Å². The topological polar surface area (TPSA) is 203 Å². The lowest BCUT2D eigenvalue weighted by Crippen LogP contribution is -2.55. The number of sulfonamides is 2. The first-order valence-electron chi connectivity index (χ1n) is 13.8. The summed E-state index contributed by atoms with van der Waals surface area (Å²) >= 11 is 0. The molecule has 0 aromatic heterocycles. The fraction of sp³-hybridized carbons (Fsp3) is 0.0625. The molecule has 0 aliphatic heterocycles. The molecule has 4 aromatic rings. The van der Waals surface area contributed by atoms with Crippen LogP contribution in [0.5, 0.6) is 0 Å². The van der Waals surface area contributed by atoms with Gasteiger partial charge in [-0.05, 0) is 41.5 Å². The van der Waals surface area contributed by atoms with Crippen molar-refractivity contribution in [3.05, 3.63) is 149 Å². The fourth-order valence-electron chi connectivity index (χ4n) is 5.34. The van der Waals surface area contributed by atoms with E-state index in [1.165, 1.54) is 24.3 Å². The number of rotatable bonds is 8. The number of hydrogen-bond donors (Lipinski definition) is 6. The van der Waals surface area contributed by atoms with Crippen LogP contribution in [0, 0.1) is 0 Å². The summed E-state index contributed by atoms with van der Waals surface area (Å²) in [6, 6.07) is 30.7. The molecular weight excluding hydrogens is 629 g/mol. The smallest absolute Gasteiger partial charge is 0.320 e. The quantitative estimate of drug-likeness (QED) is 0.166. The third-order valence-electron chi connectivity index (χ3n) is 7.08. The molecule has 14 heteroatoms. The van der Waals surface area contributed by atoms with Crippen molar-refractivity contribution in [3.8, 4) is 0 Å². The first kappa shape index (κ1) is 32.1. The summed E-state index contributed by atoms with van der Waals surface area (Å²) in [5, 5.41) is 20.3. The van der Waals surface area contributed by atoms with Gasteiger partial charge in [0.05, 0.1) is 4.91 Å². The lowest BCUT2D eigenvalue weighted by atomic mass is 9.79. The van der Waals surface area contributed by atoms with Crippen molar-refractivity contribution in [2.75, 3.05) is 10.6 Å². The Balaban J connectivity index is 1.81. The van der Waals surface area contributed by atoms with Gasteiger partial charge >= 0.3 is 12.1 Å². The van der Waals surface area contributed by atoms with E-state index in [4.69, 9.17) is 10.3 Å². The second kappa shape index (κ2) is 13.0. The highest BCUT2D eigenvalue weighted by molar-refractivity contribution is 7.93. The Labute approximate surface area is 266 Å². The summed E-state index contributed by atoms with van der Waals surface area (Å²) in [6.45, 7) is 0. The van der Waals surface area contributed by atoms with Crippen LogP contribution in [0.3, 0.4) is 0 Å². The van der Waals surface area contributed by atoms with E-state index >= 15 is 0 Å². The molecule has 0 bridgehead atoms. The summed E-state index contributed by atoms with van der Waals surface area (Å²) in [6.07, 6.45) is 1.14. The van der Waals surface area contributed by atoms with E-state index in [9.17, 15) is 26.4 Å².